The average molecular weight is 452 g/mol. The number of piperazine rings is 1. The van der Waals surface area contributed by atoms with Crippen molar-refractivity contribution in [2.75, 3.05) is 45.9 Å². The Balaban J connectivity index is 1.36. The van der Waals surface area contributed by atoms with Gasteiger partial charge in [-0.2, -0.15) is 0 Å². The molecule has 3 amide bonds. The maximum atomic E-state index is 12.4. The molecule has 28 heavy (non-hydrogen) atoms. The van der Waals surface area contributed by atoms with E-state index in [0.29, 0.717) is 58.7 Å². The molecular formula is C20H26BrN3O4. The highest BCUT2D eigenvalue weighted by atomic mass is 79.9. The van der Waals surface area contributed by atoms with Crippen LogP contribution >= 0.6 is 15.9 Å². The highest BCUT2D eigenvalue weighted by molar-refractivity contribution is 9.10. The van der Waals surface area contributed by atoms with Crippen molar-refractivity contribution < 1.29 is 19.1 Å². The van der Waals surface area contributed by atoms with E-state index in [1.165, 1.54) is 0 Å². The lowest BCUT2D eigenvalue weighted by Crippen LogP contribution is -2.54. The molecule has 2 fully saturated rings. The lowest BCUT2D eigenvalue weighted by molar-refractivity contribution is -0.153. The molecule has 1 aromatic carbocycles. The molecule has 0 aromatic heterocycles. The van der Waals surface area contributed by atoms with Crippen LogP contribution in [0.3, 0.4) is 0 Å². The first-order valence-electron chi connectivity index (χ1n) is 9.79. The number of halogens is 1. The SMILES string of the molecule is O=C(CCCOc1ccccc1Br)N1CCN(C(=O)C(=O)N2CCCC2)CC1. The first-order chi connectivity index (χ1) is 13.6. The molecule has 0 atom stereocenters. The van der Waals surface area contributed by atoms with Crippen molar-refractivity contribution in [3.05, 3.63) is 28.7 Å². The monoisotopic (exact) mass is 451 g/mol. The number of para-hydroxylation sites is 1. The van der Waals surface area contributed by atoms with Gasteiger partial charge in [0, 0.05) is 45.7 Å². The summed E-state index contributed by atoms with van der Waals surface area (Å²) in [5.41, 5.74) is 0. The zero-order valence-corrected chi connectivity index (χ0v) is 17.5. The molecule has 0 N–H and O–H groups in total. The number of hydrogen-bond acceptors (Lipinski definition) is 4. The second-order valence-corrected chi connectivity index (χ2v) is 7.91. The van der Waals surface area contributed by atoms with Gasteiger partial charge in [0.1, 0.15) is 5.75 Å². The Hall–Kier alpha value is -2.09. The first-order valence-corrected chi connectivity index (χ1v) is 10.6. The molecule has 0 radical (unpaired) electrons. The highest BCUT2D eigenvalue weighted by Crippen LogP contribution is 2.23. The van der Waals surface area contributed by atoms with E-state index < -0.39 is 11.8 Å². The molecule has 0 bridgehead atoms. The summed E-state index contributed by atoms with van der Waals surface area (Å²) in [7, 11) is 0. The van der Waals surface area contributed by atoms with Crippen molar-refractivity contribution in [3.8, 4) is 5.75 Å². The van der Waals surface area contributed by atoms with Gasteiger partial charge in [0.05, 0.1) is 11.1 Å². The second kappa shape index (κ2) is 9.91. The summed E-state index contributed by atoms with van der Waals surface area (Å²) in [6, 6.07) is 7.62. The van der Waals surface area contributed by atoms with Crippen LogP contribution < -0.4 is 4.74 Å². The highest BCUT2D eigenvalue weighted by Gasteiger charge is 2.31. The number of carbonyl (C=O) groups is 3. The summed E-state index contributed by atoms with van der Waals surface area (Å²) < 4.78 is 6.58. The lowest BCUT2D eigenvalue weighted by Gasteiger charge is -2.35. The molecule has 0 spiro atoms. The van der Waals surface area contributed by atoms with Gasteiger partial charge in [0.2, 0.25) is 5.91 Å². The molecule has 3 rings (SSSR count). The number of hydrogen-bond donors (Lipinski definition) is 0. The van der Waals surface area contributed by atoms with E-state index in [0.717, 1.165) is 23.1 Å². The summed E-state index contributed by atoms with van der Waals surface area (Å²) in [5, 5.41) is 0. The molecule has 1 aromatic rings. The fourth-order valence-corrected chi connectivity index (χ4v) is 3.87. The zero-order valence-electron chi connectivity index (χ0n) is 15.9. The summed E-state index contributed by atoms with van der Waals surface area (Å²) in [5.74, 6) is -0.00391. The van der Waals surface area contributed by atoms with Gasteiger partial charge in [-0.1, -0.05) is 12.1 Å². The Bertz CT molecular complexity index is 713. The Morgan fingerprint density at radius 3 is 2.07 bits per heavy atom. The third kappa shape index (κ3) is 5.25. The minimum Gasteiger partial charge on any atom is -0.492 e. The molecule has 2 saturated heterocycles. The van der Waals surface area contributed by atoms with Crippen molar-refractivity contribution in [1.29, 1.82) is 0 Å². The normalized spacial score (nSPS) is 17.0. The number of benzene rings is 1. The minimum atomic E-state index is -0.434. The fraction of sp³-hybridized carbons (Fsp3) is 0.550. The van der Waals surface area contributed by atoms with Crippen LogP contribution in [-0.4, -0.2) is 78.3 Å². The van der Waals surface area contributed by atoms with E-state index in [-0.39, 0.29) is 5.91 Å². The van der Waals surface area contributed by atoms with Gasteiger partial charge < -0.3 is 19.4 Å². The summed E-state index contributed by atoms with van der Waals surface area (Å²) in [6.45, 7) is 3.59. The van der Waals surface area contributed by atoms with Crippen LogP contribution in [0.2, 0.25) is 0 Å². The number of rotatable bonds is 5. The van der Waals surface area contributed by atoms with Crippen LogP contribution in [0.15, 0.2) is 28.7 Å². The molecule has 8 heteroatoms. The van der Waals surface area contributed by atoms with E-state index >= 15 is 0 Å². The van der Waals surface area contributed by atoms with Crippen LogP contribution in [0.5, 0.6) is 5.75 Å². The number of nitrogens with zero attached hydrogens (tertiary/aromatic N) is 3. The Morgan fingerprint density at radius 2 is 1.43 bits per heavy atom. The van der Waals surface area contributed by atoms with Gasteiger partial charge in [-0.3, -0.25) is 14.4 Å². The van der Waals surface area contributed by atoms with Crippen LogP contribution in [-0.2, 0) is 14.4 Å². The smallest absolute Gasteiger partial charge is 0.312 e. The van der Waals surface area contributed by atoms with Crippen LogP contribution in [0.25, 0.3) is 0 Å². The third-order valence-corrected chi connectivity index (χ3v) is 5.78. The van der Waals surface area contributed by atoms with E-state index in [1.807, 2.05) is 24.3 Å². The van der Waals surface area contributed by atoms with Gasteiger partial charge in [0.15, 0.2) is 0 Å². The van der Waals surface area contributed by atoms with Gasteiger partial charge >= 0.3 is 11.8 Å². The van der Waals surface area contributed by atoms with E-state index in [2.05, 4.69) is 15.9 Å². The molecule has 7 nitrogen and oxygen atoms in total. The van der Waals surface area contributed by atoms with Gasteiger partial charge in [-0.15, -0.1) is 0 Å². The summed E-state index contributed by atoms with van der Waals surface area (Å²) in [6.07, 6.45) is 2.97. The minimum absolute atomic E-state index is 0.0636. The topological polar surface area (TPSA) is 70.2 Å². The number of amides is 3. The molecule has 0 saturated carbocycles. The van der Waals surface area contributed by atoms with E-state index in [1.54, 1.807) is 14.7 Å². The van der Waals surface area contributed by atoms with Crippen molar-refractivity contribution in [2.45, 2.75) is 25.7 Å². The number of ether oxygens (including phenoxy) is 1. The van der Waals surface area contributed by atoms with Gasteiger partial charge in [-0.25, -0.2) is 0 Å². The summed E-state index contributed by atoms with van der Waals surface area (Å²) >= 11 is 3.43. The number of carbonyl (C=O) groups excluding carboxylic acids is 3. The molecule has 2 aliphatic heterocycles. The zero-order chi connectivity index (χ0) is 19.9. The Kier molecular flexibility index (Phi) is 7.30. The van der Waals surface area contributed by atoms with E-state index in [4.69, 9.17) is 4.74 Å². The van der Waals surface area contributed by atoms with Crippen LogP contribution in [0, 0.1) is 0 Å². The first kappa shape index (κ1) is 20.6. The van der Waals surface area contributed by atoms with Crippen molar-refractivity contribution >= 4 is 33.7 Å². The molecule has 2 aliphatic rings. The molecule has 152 valence electrons. The maximum Gasteiger partial charge on any atom is 0.312 e. The van der Waals surface area contributed by atoms with Crippen LogP contribution in [0.1, 0.15) is 25.7 Å². The van der Waals surface area contributed by atoms with Crippen molar-refractivity contribution in [1.82, 2.24) is 14.7 Å². The van der Waals surface area contributed by atoms with Gasteiger partial charge in [-0.05, 0) is 47.3 Å². The summed E-state index contributed by atoms with van der Waals surface area (Å²) in [4.78, 5) is 41.9. The molecular weight excluding hydrogens is 426 g/mol. The molecule has 0 aliphatic carbocycles. The largest absolute Gasteiger partial charge is 0.492 e. The standard InChI is InChI=1S/C20H26BrN3O4/c21-16-6-1-2-7-17(16)28-15-5-8-18(25)22-11-13-24(14-12-22)20(27)19(26)23-9-3-4-10-23/h1-2,6-7H,3-5,8-15H2. The maximum absolute atomic E-state index is 12.4. The van der Waals surface area contributed by atoms with Crippen LogP contribution in [0.4, 0.5) is 0 Å². The molecule has 2 heterocycles. The Morgan fingerprint density at radius 1 is 0.857 bits per heavy atom. The van der Waals surface area contributed by atoms with Crippen molar-refractivity contribution in [3.63, 3.8) is 0 Å². The van der Waals surface area contributed by atoms with Crippen molar-refractivity contribution in [2.24, 2.45) is 0 Å². The Labute approximate surface area is 173 Å². The van der Waals surface area contributed by atoms with Gasteiger partial charge in [0.25, 0.3) is 0 Å². The average Bonchev–Trinajstić information content (AvgIpc) is 3.26. The number of likely N-dealkylation sites (tertiary alicyclic amines) is 1. The quantitative estimate of drug-likeness (QED) is 0.506. The van der Waals surface area contributed by atoms with E-state index in [9.17, 15) is 14.4 Å². The predicted molar refractivity (Wildman–Crippen MR) is 108 cm³/mol. The molecule has 0 unspecified atom stereocenters. The predicted octanol–water partition coefficient (Wildman–Crippen LogP) is 1.90. The second-order valence-electron chi connectivity index (χ2n) is 7.05. The third-order valence-electron chi connectivity index (χ3n) is 5.13. The lowest BCUT2D eigenvalue weighted by atomic mass is 10.2. The fourth-order valence-electron chi connectivity index (χ4n) is 3.48.